The Bertz CT molecular complexity index is 695. The van der Waals surface area contributed by atoms with Gasteiger partial charge in [0, 0.05) is 24.0 Å². The molecule has 3 nitrogen and oxygen atoms in total. The van der Waals surface area contributed by atoms with E-state index in [0.717, 1.165) is 34.4 Å². The molecule has 2 rings (SSSR count). The third-order valence-electron chi connectivity index (χ3n) is 3.98. The number of benzene rings is 2. The highest BCUT2D eigenvalue weighted by molar-refractivity contribution is 9.10. The summed E-state index contributed by atoms with van der Waals surface area (Å²) in [6, 6.07) is 15.6. The normalized spacial score (nSPS) is 12.5. The Labute approximate surface area is 164 Å². The van der Waals surface area contributed by atoms with Gasteiger partial charge in [0.1, 0.15) is 12.4 Å². The van der Waals surface area contributed by atoms with E-state index in [9.17, 15) is 5.11 Å². The van der Waals surface area contributed by atoms with Crippen LogP contribution in [0.15, 0.2) is 77.8 Å². The molecule has 0 saturated heterocycles. The fourth-order valence-corrected chi connectivity index (χ4v) is 2.77. The molecule has 0 aromatic heterocycles. The number of nitrogens with zero attached hydrogens (tertiary/aromatic N) is 1. The molecule has 2 aromatic rings. The molecule has 4 heteroatoms. The lowest BCUT2D eigenvalue weighted by molar-refractivity contribution is 0.178. The highest BCUT2D eigenvalue weighted by Gasteiger charge is 2.08. The number of ether oxygens (including phenoxy) is 1. The van der Waals surface area contributed by atoms with Gasteiger partial charge in [-0.15, -0.1) is 6.58 Å². The van der Waals surface area contributed by atoms with E-state index in [0.29, 0.717) is 13.0 Å². The molecular weight excluding hydrogens is 390 g/mol. The molecule has 0 aliphatic rings. The van der Waals surface area contributed by atoms with E-state index in [1.807, 2.05) is 67.7 Å². The Morgan fingerprint density at radius 2 is 1.77 bits per heavy atom. The van der Waals surface area contributed by atoms with Crippen molar-refractivity contribution in [2.75, 3.05) is 26.7 Å². The van der Waals surface area contributed by atoms with Gasteiger partial charge in [-0.25, -0.2) is 0 Å². The zero-order chi connectivity index (χ0) is 18.8. The largest absolute Gasteiger partial charge is 0.490 e. The van der Waals surface area contributed by atoms with Crippen LogP contribution < -0.4 is 4.74 Å². The maximum atomic E-state index is 10.4. The van der Waals surface area contributed by atoms with Crippen LogP contribution in [0.5, 0.6) is 5.75 Å². The van der Waals surface area contributed by atoms with Crippen LogP contribution in [0.3, 0.4) is 0 Å². The summed E-state index contributed by atoms with van der Waals surface area (Å²) in [5.41, 5.74) is 1.99. The smallest absolute Gasteiger partial charge is 0.119 e. The van der Waals surface area contributed by atoms with E-state index in [2.05, 4.69) is 33.5 Å². The summed E-state index contributed by atoms with van der Waals surface area (Å²) < 4.78 is 6.74. The van der Waals surface area contributed by atoms with Gasteiger partial charge in [-0.05, 0) is 42.4 Å². The monoisotopic (exact) mass is 415 g/mol. The lowest BCUT2D eigenvalue weighted by Gasteiger charge is -2.12. The van der Waals surface area contributed by atoms with E-state index < -0.39 is 6.10 Å². The van der Waals surface area contributed by atoms with Crippen molar-refractivity contribution in [3.05, 3.63) is 88.9 Å². The number of aliphatic hydroxyl groups excluding tert-OH is 1. The summed E-state index contributed by atoms with van der Waals surface area (Å²) in [7, 11) is 2.05. The minimum atomic E-state index is -0.523. The Kier molecular flexibility index (Phi) is 8.62. The molecule has 138 valence electrons. The predicted octanol–water partition coefficient (Wildman–Crippen LogP) is 4.78. The van der Waals surface area contributed by atoms with Crippen molar-refractivity contribution in [2.24, 2.45) is 0 Å². The van der Waals surface area contributed by atoms with Gasteiger partial charge in [-0.2, -0.15) is 0 Å². The summed E-state index contributed by atoms with van der Waals surface area (Å²) >= 11 is 3.42. The van der Waals surface area contributed by atoms with Gasteiger partial charge >= 0.3 is 0 Å². The van der Waals surface area contributed by atoms with Crippen molar-refractivity contribution < 1.29 is 9.84 Å². The standard InChI is InChI=1S/C22H26BrNO2/c1-3-14-24(2)15-4-5-16-26-21-12-8-19(9-13-21)22(25)17-18-6-10-20(23)11-7-18/h3-13,22,25H,1,14-17H2,2H3/t22-/m1/s1. The maximum Gasteiger partial charge on any atom is 0.119 e. The van der Waals surface area contributed by atoms with Crippen LogP contribution in [0.1, 0.15) is 17.2 Å². The molecule has 0 fully saturated rings. The second kappa shape index (κ2) is 11.0. The molecule has 0 aliphatic carbocycles. The summed E-state index contributed by atoms with van der Waals surface area (Å²) in [6.45, 7) is 5.99. The molecule has 0 unspecified atom stereocenters. The number of hydrogen-bond donors (Lipinski definition) is 1. The Morgan fingerprint density at radius 3 is 2.42 bits per heavy atom. The van der Waals surface area contributed by atoms with Crippen molar-refractivity contribution >= 4 is 15.9 Å². The summed E-state index contributed by atoms with van der Waals surface area (Å²) in [5.74, 6) is 0.800. The van der Waals surface area contributed by atoms with Crippen LogP contribution in [0.25, 0.3) is 0 Å². The first-order valence-electron chi connectivity index (χ1n) is 8.68. The van der Waals surface area contributed by atoms with Crippen LogP contribution in [0.4, 0.5) is 0 Å². The van der Waals surface area contributed by atoms with Crippen molar-refractivity contribution in [1.29, 1.82) is 0 Å². The molecule has 0 amide bonds. The van der Waals surface area contributed by atoms with Crippen molar-refractivity contribution in [3.63, 3.8) is 0 Å². The molecule has 0 saturated carbocycles. The van der Waals surface area contributed by atoms with E-state index in [1.165, 1.54) is 0 Å². The molecule has 0 bridgehead atoms. The van der Waals surface area contributed by atoms with Gasteiger partial charge in [-0.3, -0.25) is 4.90 Å². The van der Waals surface area contributed by atoms with Crippen LogP contribution in [-0.4, -0.2) is 36.8 Å². The van der Waals surface area contributed by atoms with E-state index in [-0.39, 0.29) is 0 Å². The highest BCUT2D eigenvalue weighted by atomic mass is 79.9. The summed E-state index contributed by atoms with van der Waals surface area (Å²) in [5, 5.41) is 10.4. The molecule has 1 N–H and O–H groups in total. The zero-order valence-corrected chi connectivity index (χ0v) is 16.7. The minimum absolute atomic E-state index is 0.523. The third kappa shape index (κ3) is 7.16. The number of likely N-dealkylation sites (N-methyl/N-ethyl adjacent to an activating group) is 1. The lowest BCUT2D eigenvalue weighted by atomic mass is 10.0. The Hall–Kier alpha value is -1.88. The molecule has 0 aliphatic heterocycles. The quantitative estimate of drug-likeness (QED) is 0.566. The van der Waals surface area contributed by atoms with E-state index >= 15 is 0 Å². The van der Waals surface area contributed by atoms with Gasteiger partial charge in [0.25, 0.3) is 0 Å². The average Bonchev–Trinajstić information content (AvgIpc) is 2.64. The number of aliphatic hydroxyl groups is 1. The molecule has 0 heterocycles. The lowest BCUT2D eigenvalue weighted by Crippen LogP contribution is -2.17. The van der Waals surface area contributed by atoms with Gasteiger partial charge in [0.2, 0.25) is 0 Å². The number of halogens is 1. The second-order valence-corrected chi connectivity index (χ2v) is 7.12. The molecule has 1 atom stereocenters. The first-order valence-corrected chi connectivity index (χ1v) is 9.47. The molecule has 0 radical (unpaired) electrons. The third-order valence-corrected chi connectivity index (χ3v) is 4.51. The maximum absolute atomic E-state index is 10.4. The van der Waals surface area contributed by atoms with E-state index in [4.69, 9.17) is 4.74 Å². The summed E-state index contributed by atoms with van der Waals surface area (Å²) in [6.07, 6.45) is 6.05. The Balaban J connectivity index is 1.79. The van der Waals surface area contributed by atoms with Gasteiger partial charge in [0.15, 0.2) is 0 Å². The first-order chi connectivity index (χ1) is 12.6. The van der Waals surface area contributed by atoms with Gasteiger partial charge in [-0.1, -0.05) is 58.4 Å². The van der Waals surface area contributed by atoms with Gasteiger partial charge < -0.3 is 9.84 Å². The molecule has 0 spiro atoms. The molecular formula is C22H26BrNO2. The van der Waals surface area contributed by atoms with Crippen molar-refractivity contribution in [1.82, 2.24) is 4.90 Å². The number of rotatable bonds is 10. The van der Waals surface area contributed by atoms with Crippen LogP contribution in [0, 0.1) is 0 Å². The Morgan fingerprint density at radius 1 is 1.08 bits per heavy atom. The fraction of sp³-hybridized carbons (Fsp3) is 0.273. The zero-order valence-electron chi connectivity index (χ0n) is 15.1. The molecule has 26 heavy (non-hydrogen) atoms. The van der Waals surface area contributed by atoms with Crippen molar-refractivity contribution in [3.8, 4) is 5.75 Å². The fourth-order valence-electron chi connectivity index (χ4n) is 2.51. The highest BCUT2D eigenvalue weighted by Crippen LogP contribution is 2.22. The topological polar surface area (TPSA) is 32.7 Å². The van der Waals surface area contributed by atoms with Crippen molar-refractivity contribution in [2.45, 2.75) is 12.5 Å². The van der Waals surface area contributed by atoms with Gasteiger partial charge in [0.05, 0.1) is 6.10 Å². The SMILES string of the molecule is C=CCN(C)CC=CCOc1ccc([C@H](O)Cc2ccc(Br)cc2)cc1. The van der Waals surface area contributed by atoms with E-state index in [1.54, 1.807) is 0 Å². The molecule has 2 aromatic carbocycles. The van der Waals surface area contributed by atoms with Crippen LogP contribution in [0.2, 0.25) is 0 Å². The second-order valence-electron chi connectivity index (χ2n) is 6.21. The number of hydrogen-bond acceptors (Lipinski definition) is 3. The first kappa shape index (κ1) is 20.4. The van der Waals surface area contributed by atoms with Crippen LogP contribution in [-0.2, 0) is 6.42 Å². The average molecular weight is 416 g/mol. The van der Waals surface area contributed by atoms with Crippen LogP contribution >= 0.6 is 15.9 Å². The predicted molar refractivity (Wildman–Crippen MR) is 112 cm³/mol. The summed E-state index contributed by atoms with van der Waals surface area (Å²) in [4.78, 5) is 2.16. The minimum Gasteiger partial charge on any atom is -0.490 e.